The molecule has 0 saturated heterocycles. The molecule has 1 aromatic heterocycles. The predicted molar refractivity (Wildman–Crippen MR) is 67.8 cm³/mol. The van der Waals surface area contributed by atoms with Crippen molar-refractivity contribution in [1.29, 1.82) is 0 Å². The largest absolute Gasteiger partial charge is 0.376 e. The summed E-state index contributed by atoms with van der Waals surface area (Å²) in [5.74, 6) is 0.381. The highest BCUT2D eigenvalue weighted by molar-refractivity contribution is 7.72. The topological polar surface area (TPSA) is 155 Å². The van der Waals surface area contributed by atoms with Crippen LogP contribution in [0.4, 0.5) is 5.82 Å². The molecule has 0 amide bonds. The summed E-state index contributed by atoms with van der Waals surface area (Å²) in [5, 5.41) is 6.30. The SMILES string of the molecule is CN(C)c1c[n+](CC(O)(P(=O)(O)O)P(=O)(O)O)ccn1. The summed E-state index contributed by atoms with van der Waals surface area (Å²) < 4.78 is 23.5. The zero-order valence-corrected chi connectivity index (χ0v) is 12.5. The first-order valence-electron chi connectivity index (χ1n) is 5.24. The molecule has 0 radical (unpaired) electrons. The van der Waals surface area contributed by atoms with Crippen LogP contribution in [-0.2, 0) is 15.7 Å². The molecule has 0 bridgehead atoms. The number of nitrogens with zero attached hydrogens (tertiary/aromatic N) is 3. The maximum Gasteiger partial charge on any atom is 0.376 e. The van der Waals surface area contributed by atoms with E-state index >= 15 is 0 Å². The Morgan fingerprint density at radius 3 is 2.15 bits per heavy atom. The molecule has 0 aliphatic heterocycles. The monoisotopic (exact) mass is 328 g/mol. The van der Waals surface area contributed by atoms with Crippen LogP contribution in [-0.4, -0.2) is 48.8 Å². The van der Waals surface area contributed by atoms with E-state index in [-0.39, 0.29) is 0 Å². The second-order valence-corrected chi connectivity index (χ2v) is 8.35. The number of aliphatic hydroxyl groups is 1. The second kappa shape index (κ2) is 5.50. The molecular weight excluding hydrogens is 312 g/mol. The van der Waals surface area contributed by atoms with Gasteiger partial charge in [0.05, 0.1) is 6.20 Å². The Labute approximate surface area is 114 Å². The van der Waals surface area contributed by atoms with E-state index in [2.05, 4.69) is 4.98 Å². The molecule has 0 fully saturated rings. The minimum atomic E-state index is -5.48. The molecule has 0 aliphatic rings. The van der Waals surface area contributed by atoms with Crippen molar-refractivity contribution in [3.8, 4) is 0 Å². The summed E-state index contributed by atoms with van der Waals surface area (Å²) in [5.41, 5.74) is 0. The van der Waals surface area contributed by atoms with E-state index in [0.717, 1.165) is 4.57 Å². The highest BCUT2D eigenvalue weighted by Crippen LogP contribution is 2.67. The molecule has 0 aliphatic carbocycles. The van der Waals surface area contributed by atoms with Gasteiger partial charge in [-0.25, -0.2) is 4.98 Å². The van der Waals surface area contributed by atoms with Crippen LogP contribution in [0.1, 0.15) is 0 Å². The van der Waals surface area contributed by atoms with Crippen molar-refractivity contribution in [2.75, 3.05) is 19.0 Å². The molecule has 1 heterocycles. The minimum Gasteiger partial charge on any atom is -0.363 e. The third kappa shape index (κ3) is 3.42. The van der Waals surface area contributed by atoms with E-state index in [0.29, 0.717) is 5.82 Å². The van der Waals surface area contributed by atoms with Crippen molar-refractivity contribution in [3.63, 3.8) is 0 Å². The van der Waals surface area contributed by atoms with Crippen LogP contribution >= 0.6 is 15.2 Å². The Hall–Kier alpha value is -0.860. The first kappa shape index (κ1) is 17.2. The Bertz CT molecular complexity index is 559. The number of anilines is 1. The van der Waals surface area contributed by atoms with Gasteiger partial charge in [-0.3, -0.25) is 9.13 Å². The highest BCUT2D eigenvalue weighted by Gasteiger charge is 2.62. The minimum absolute atomic E-state index is 0.381. The van der Waals surface area contributed by atoms with Crippen LogP contribution in [0.15, 0.2) is 18.6 Å². The van der Waals surface area contributed by atoms with Gasteiger partial charge in [0.2, 0.25) is 12.7 Å². The van der Waals surface area contributed by atoms with Gasteiger partial charge in [0, 0.05) is 14.1 Å². The molecule has 114 valence electrons. The molecule has 0 aromatic carbocycles. The first-order chi connectivity index (χ1) is 8.88. The van der Waals surface area contributed by atoms with Gasteiger partial charge in [0.15, 0.2) is 12.0 Å². The molecule has 20 heavy (non-hydrogen) atoms. The van der Waals surface area contributed by atoms with Gasteiger partial charge in [-0.2, -0.15) is 4.57 Å². The average molecular weight is 328 g/mol. The molecular formula is C8H16N3O7P2+. The summed E-state index contributed by atoms with van der Waals surface area (Å²) in [7, 11) is -7.64. The van der Waals surface area contributed by atoms with Gasteiger partial charge >= 0.3 is 20.3 Å². The standard InChI is InChI=1S/C8H15N3O7P2/c1-10(2)7-5-11(4-3-9-7)6-8(12,19(13,14)15)20(16,17)18/h3-5,12H,6H2,1-2H3,(H3-,13,14,15,16,17,18)/p+1. The summed E-state index contributed by atoms with van der Waals surface area (Å²) in [6.45, 7) is -0.981. The number of hydrogen-bond donors (Lipinski definition) is 5. The van der Waals surface area contributed by atoms with Crippen molar-refractivity contribution in [3.05, 3.63) is 18.6 Å². The molecule has 1 aromatic rings. The first-order valence-corrected chi connectivity index (χ1v) is 8.47. The molecule has 12 heteroatoms. The third-order valence-electron chi connectivity index (χ3n) is 2.53. The molecule has 1 rings (SSSR count). The quantitative estimate of drug-likeness (QED) is 0.318. The van der Waals surface area contributed by atoms with E-state index in [9.17, 15) is 14.2 Å². The number of rotatable bonds is 5. The van der Waals surface area contributed by atoms with E-state index in [1.54, 1.807) is 19.0 Å². The Morgan fingerprint density at radius 2 is 1.75 bits per heavy atom. The van der Waals surface area contributed by atoms with Crippen molar-refractivity contribution in [2.45, 2.75) is 11.6 Å². The summed E-state index contributed by atoms with van der Waals surface area (Å²) in [6.07, 6.45) is 3.79. The highest BCUT2D eigenvalue weighted by atomic mass is 31.2. The van der Waals surface area contributed by atoms with Gasteiger partial charge in [0.25, 0.3) is 0 Å². The van der Waals surface area contributed by atoms with Crippen LogP contribution in [0.5, 0.6) is 0 Å². The van der Waals surface area contributed by atoms with Crippen LogP contribution < -0.4 is 9.47 Å². The van der Waals surface area contributed by atoms with Crippen LogP contribution in [0.3, 0.4) is 0 Å². The van der Waals surface area contributed by atoms with E-state index in [1.165, 1.54) is 18.6 Å². The maximum absolute atomic E-state index is 11.2. The lowest BCUT2D eigenvalue weighted by Gasteiger charge is -2.26. The predicted octanol–water partition coefficient (Wildman–Crippen LogP) is -1.56. The molecule has 0 unspecified atom stereocenters. The lowest BCUT2D eigenvalue weighted by atomic mass is 10.5. The fourth-order valence-electron chi connectivity index (χ4n) is 1.35. The Kier molecular flexibility index (Phi) is 4.72. The Morgan fingerprint density at radius 1 is 1.25 bits per heavy atom. The van der Waals surface area contributed by atoms with Gasteiger partial charge in [-0.15, -0.1) is 0 Å². The van der Waals surface area contributed by atoms with Gasteiger partial charge < -0.3 is 29.6 Å². The van der Waals surface area contributed by atoms with Crippen molar-refractivity contribution < 1.29 is 38.4 Å². The van der Waals surface area contributed by atoms with E-state index in [4.69, 9.17) is 19.6 Å². The number of hydrogen-bond acceptors (Lipinski definition) is 5. The number of aromatic nitrogens is 2. The van der Waals surface area contributed by atoms with Crippen molar-refractivity contribution in [1.82, 2.24) is 4.98 Å². The lowest BCUT2D eigenvalue weighted by molar-refractivity contribution is -0.703. The smallest absolute Gasteiger partial charge is 0.363 e. The third-order valence-corrected chi connectivity index (χ3v) is 6.24. The van der Waals surface area contributed by atoms with Crippen molar-refractivity contribution in [2.24, 2.45) is 0 Å². The summed E-state index contributed by atoms with van der Waals surface area (Å²) in [4.78, 5) is 41.7. The fraction of sp³-hybridized carbons (Fsp3) is 0.500. The van der Waals surface area contributed by atoms with E-state index in [1.807, 2.05) is 0 Å². The Balaban J connectivity index is 3.26. The second-order valence-electron chi connectivity index (χ2n) is 4.34. The van der Waals surface area contributed by atoms with Gasteiger partial charge in [-0.05, 0) is 0 Å². The van der Waals surface area contributed by atoms with E-state index < -0.39 is 26.8 Å². The van der Waals surface area contributed by atoms with Crippen LogP contribution in [0, 0.1) is 0 Å². The van der Waals surface area contributed by atoms with Crippen molar-refractivity contribution >= 4 is 21.0 Å². The summed E-state index contributed by atoms with van der Waals surface area (Å²) in [6, 6.07) is 0. The zero-order valence-electron chi connectivity index (χ0n) is 10.7. The average Bonchev–Trinajstić information content (AvgIpc) is 2.26. The normalized spacial score (nSPS) is 13.3. The molecule has 0 atom stereocenters. The molecule has 0 saturated carbocycles. The maximum atomic E-state index is 11.2. The van der Waals surface area contributed by atoms with Crippen LogP contribution in [0.25, 0.3) is 0 Å². The molecule has 0 spiro atoms. The summed E-state index contributed by atoms with van der Waals surface area (Å²) >= 11 is 0. The van der Waals surface area contributed by atoms with Crippen LogP contribution in [0.2, 0.25) is 0 Å². The lowest BCUT2D eigenvalue weighted by Crippen LogP contribution is -2.47. The fourth-order valence-corrected chi connectivity index (χ4v) is 3.40. The molecule has 5 N–H and O–H groups in total. The zero-order chi connectivity index (χ0) is 15.8. The molecule has 10 nitrogen and oxygen atoms in total. The van der Waals surface area contributed by atoms with Gasteiger partial charge in [0.1, 0.15) is 0 Å². The van der Waals surface area contributed by atoms with Gasteiger partial charge in [-0.1, -0.05) is 0 Å².